The van der Waals surface area contributed by atoms with E-state index in [1.165, 1.54) is 14.2 Å². The quantitative estimate of drug-likeness (QED) is 0.381. The van der Waals surface area contributed by atoms with Crippen LogP contribution in [0.3, 0.4) is 0 Å². The van der Waals surface area contributed by atoms with Gasteiger partial charge in [0.05, 0.1) is 20.6 Å². The minimum atomic E-state index is -0.721. The SMILES string of the molecule is COC(=O)/C=C\C(=O)O[C@H](C)CC(=O)OC. The molecular formula is C10H14O6. The third kappa shape index (κ3) is 6.58. The highest BCUT2D eigenvalue weighted by Gasteiger charge is 2.12. The molecule has 0 aromatic heterocycles. The van der Waals surface area contributed by atoms with E-state index in [2.05, 4.69) is 9.47 Å². The van der Waals surface area contributed by atoms with Crippen molar-refractivity contribution in [2.45, 2.75) is 19.4 Å². The van der Waals surface area contributed by atoms with Gasteiger partial charge in [0.2, 0.25) is 0 Å². The molecule has 90 valence electrons. The number of esters is 3. The molecule has 0 N–H and O–H groups in total. The summed E-state index contributed by atoms with van der Waals surface area (Å²) >= 11 is 0. The summed E-state index contributed by atoms with van der Waals surface area (Å²) < 4.78 is 13.5. The standard InChI is InChI=1S/C10H14O6/c1-7(6-10(13)15-3)16-9(12)5-4-8(11)14-2/h4-5,7H,6H2,1-3H3/b5-4-/t7-/m1/s1. The fraction of sp³-hybridized carbons (Fsp3) is 0.500. The average Bonchev–Trinajstić information content (AvgIpc) is 2.25. The fourth-order valence-electron chi connectivity index (χ4n) is 0.801. The van der Waals surface area contributed by atoms with Gasteiger partial charge >= 0.3 is 17.9 Å². The minimum Gasteiger partial charge on any atom is -0.469 e. The molecule has 0 bridgehead atoms. The summed E-state index contributed by atoms with van der Waals surface area (Å²) in [6, 6.07) is 0. The predicted octanol–water partition coefficient (Wildman–Crippen LogP) is 0.210. The second kappa shape index (κ2) is 7.44. The van der Waals surface area contributed by atoms with Crippen LogP contribution < -0.4 is 0 Å². The van der Waals surface area contributed by atoms with Gasteiger partial charge in [0.15, 0.2) is 0 Å². The van der Waals surface area contributed by atoms with Gasteiger partial charge in [0.1, 0.15) is 6.10 Å². The summed E-state index contributed by atoms with van der Waals surface area (Å²) in [7, 11) is 2.44. The second-order valence-electron chi connectivity index (χ2n) is 2.88. The third-order valence-corrected chi connectivity index (χ3v) is 1.56. The summed E-state index contributed by atoms with van der Waals surface area (Å²) in [6.07, 6.45) is 1.23. The molecule has 0 spiro atoms. The maximum atomic E-state index is 11.1. The van der Waals surface area contributed by atoms with Gasteiger partial charge in [-0.15, -0.1) is 0 Å². The maximum absolute atomic E-state index is 11.1. The molecule has 0 aliphatic carbocycles. The summed E-state index contributed by atoms with van der Waals surface area (Å²) in [5.74, 6) is -1.85. The molecule has 0 saturated heterocycles. The largest absolute Gasteiger partial charge is 0.469 e. The van der Waals surface area contributed by atoms with Gasteiger partial charge < -0.3 is 14.2 Å². The van der Waals surface area contributed by atoms with E-state index in [4.69, 9.17) is 4.74 Å². The molecule has 0 radical (unpaired) electrons. The normalized spacial score (nSPS) is 11.9. The van der Waals surface area contributed by atoms with Crippen molar-refractivity contribution >= 4 is 17.9 Å². The molecule has 0 saturated carbocycles. The minimum absolute atomic E-state index is 0.0334. The van der Waals surface area contributed by atoms with Crippen molar-refractivity contribution in [1.82, 2.24) is 0 Å². The molecule has 0 unspecified atom stereocenters. The molecular weight excluding hydrogens is 216 g/mol. The van der Waals surface area contributed by atoms with E-state index in [0.29, 0.717) is 0 Å². The van der Waals surface area contributed by atoms with E-state index in [1.54, 1.807) is 6.92 Å². The number of carbonyl (C=O) groups excluding carboxylic acids is 3. The lowest BCUT2D eigenvalue weighted by molar-refractivity contribution is -0.149. The first-order valence-corrected chi connectivity index (χ1v) is 4.53. The molecule has 0 aromatic rings. The van der Waals surface area contributed by atoms with Crippen LogP contribution in [-0.2, 0) is 28.6 Å². The maximum Gasteiger partial charge on any atom is 0.331 e. The van der Waals surface area contributed by atoms with E-state index in [-0.39, 0.29) is 6.42 Å². The molecule has 0 aromatic carbocycles. The van der Waals surface area contributed by atoms with Crippen molar-refractivity contribution in [2.24, 2.45) is 0 Å². The fourth-order valence-corrected chi connectivity index (χ4v) is 0.801. The summed E-state index contributed by atoms with van der Waals surface area (Å²) in [5.41, 5.74) is 0. The van der Waals surface area contributed by atoms with Gasteiger partial charge in [-0.25, -0.2) is 9.59 Å². The van der Waals surface area contributed by atoms with E-state index >= 15 is 0 Å². The Morgan fingerprint density at radius 3 is 2.12 bits per heavy atom. The number of carbonyl (C=O) groups is 3. The lowest BCUT2D eigenvalue weighted by Crippen LogP contribution is -2.18. The summed E-state index contributed by atoms with van der Waals surface area (Å²) in [5, 5.41) is 0. The average molecular weight is 230 g/mol. The molecule has 6 heteroatoms. The lowest BCUT2D eigenvalue weighted by atomic mass is 10.3. The van der Waals surface area contributed by atoms with Crippen molar-refractivity contribution in [1.29, 1.82) is 0 Å². The molecule has 0 aliphatic heterocycles. The number of ether oxygens (including phenoxy) is 3. The first kappa shape index (κ1) is 14.2. The highest BCUT2D eigenvalue weighted by molar-refractivity contribution is 5.91. The number of hydrogen-bond acceptors (Lipinski definition) is 6. The zero-order chi connectivity index (χ0) is 12.6. The summed E-state index contributed by atoms with van der Waals surface area (Å²) in [6.45, 7) is 1.54. The van der Waals surface area contributed by atoms with Gasteiger partial charge in [-0.05, 0) is 6.92 Å². The van der Waals surface area contributed by atoms with E-state index < -0.39 is 24.0 Å². The monoisotopic (exact) mass is 230 g/mol. The second-order valence-corrected chi connectivity index (χ2v) is 2.88. The molecule has 0 rings (SSSR count). The molecule has 0 amide bonds. The van der Waals surface area contributed by atoms with Crippen LogP contribution in [-0.4, -0.2) is 38.2 Å². The Kier molecular flexibility index (Phi) is 6.58. The number of hydrogen-bond donors (Lipinski definition) is 0. The zero-order valence-corrected chi connectivity index (χ0v) is 9.39. The number of rotatable bonds is 5. The van der Waals surface area contributed by atoms with Gasteiger partial charge in [0.25, 0.3) is 0 Å². The Balaban J connectivity index is 4.00. The smallest absolute Gasteiger partial charge is 0.331 e. The van der Waals surface area contributed by atoms with Crippen LogP contribution in [0, 0.1) is 0 Å². The van der Waals surface area contributed by atoms with Crippen LogP contribution >= 0.6 is 0 Å². The van der Waals surface area contributed by atoms with Crippen molar-refractivity contribution < 1.29 is 28.6 Å². The Morgan fingerprint density at radius 1 is 1.06 bits per heavy atom. The van der Waals surface area contributed by atoms with Crippen molar-refractivity contribution in [2.75, 3.05) is 14.2 Å². The Morgan fingerprint density at radius 2 is 1.62 bits per heavy atom. The lowest BCUT2D eigenvalue weighted by Gasteiger charge is -2.09. The van der Waals surface area contributed by atoms with E-state index in [0.717, 1.165) is 12.2 Å². The van der Waals surface area contributed by atoms with Crippen molar-refractivity contribution in [3.8, 4) is 0 Å². The first-order valence-electron chi connectivity index (χ1n) is 4.53. The van der Waals surface area contributed by atoms with E-state index in [9.17, 15) is 14.4 Å². The van der Waals surface area contributed by atoms with Crippen LogP contribution in [0.15, 0.2) is 12.2 Å². The zero-order valence-electron chi connectivity index (χ0n) is 9.39. The molecule has 16 heavy (non-hydrogen) atoms. The van der Waals surface area contributed by atoms with E-state index in [1.807, 2.05) is 0 Å². The molecule has 6 nitrogen and oxygen atoms in total. The van der Waals surface area contributed by atoms with Crippen molar-refractivity contribution in [3.05, 3.63) is 12.2 Å². The molecule has 0 fully saturated rings. The van der Waals surface area contributed by atoms with Gasteiger partial charge in [0, 0.05) is 12.2 Å². The number of methoxy groups -OCH3 is 2. The first-order chi connectivity index (χ1) is 7.49. The predicted molar refractivity (Wildman–Crippen MR) is 53.3 cm³/mol. The Labute approximate surface area is 93.2 Å². The highest BCUT2D eigenvalue weighted by atomic mass is 16.6. The van der Waals surface area contributed by atoms with Crippen LogP contribution in [0.25, 0.3) is 0 Å². The van der Waals surface area contributed by atoms with Gasteiger partial charge in [-0.1, -0.05) is 0 Å². The van der Waals surface area contributed by atoms with Gasteiger partial charge in [-0.2, -0.15) is 0 Å². The highest BCUT2D eigenvalue weighted by Crippen LogP contribution is 2.00. The van der Waals surface area contributed by atoms with Crippen LogP contribution in [0.2, 0.25) is 0 Å². The van der Waals surface area contributed by atoms with Crippen LogP contribution in [0.1, 0.15) is 13.3 Å². The summed E-state index contributed by atoms with van der Waals surface area (Å²) in [4.78, 5) is 32.5. The topological polar surface area (TPSA) is 78.9 Å². The molecule has 1 atom stereocenters. The van der Waals surface area contributed by atoms with Crippen LogP contribution in [0.5, 0.6) is 0 Å². The Hall–Kier alpha value is -1.85. The van der Waals surface area contributed by atoms with Crippen molar-refractivity contribution in [3.63, 3.8) is 0 Å². The van der Waals surface area contributed by atoms with Gasteiger partial charge in [-0.3, -0.25) is 4.79 Å². The van der Waals surface area contributed by atoms with Crippen LogP contribution in [0.4, 0.5) is 0 Å². The third-order valence-electron chi connectivity index (χ3n) is 1.56. The Bertz CT molecular complexity index is 294. The molecule has 0 aliphatic rings. The molecule has 0 heterocycles.